The first-order chi connectivity index (χ1) is 13.4. The van der Waals surface area contributed by atoms with Gasteiger partial charge in [0.1, 0.15) is 23.5 Å². The number of hydrogen-bond donors (Lipinski definition) is 1. The molecule has 0 unspecified atom stereocenters. The van der Waals surface area contributed by atoms with Gasteiger partial charge in [-0.05, 0) is 44.2 Å². The Morgan fingerprint density at radius 2 is 1.89 bits per heavy atom. The molecule has 0 atom stereocenters. The summed E-state index contributed by atoms with van der Waals surface area (Å²) in [6, 6.07) is 0. The summed E-state index contributed by atoms with van der Waals surface area (Å²) in [7, 11) is 3.38. The van der Waals surface area contributed by atoms with E-state index < -0.39 is 0 Å². The summed E-state index contributed by atoms with van der Waals surface area (Å²) in [4.78, 5) is 22.4. The third kappa shape index (κ3) is 5.98. The predicted octanol–water partition coefficient (Wildman–Crippen LogP) is 3.72. The second kappa shape index (κ2) is 11.2. The van der Waals surface area contributed by atoms with Gasteiger partial charge in [0, 0.05) is 19.8 Å². The van der Waals surface area contributed by atoms with E-state index >= 15 is 0 Å². The van der Waals surface area contributed by atoms with E-state index in [0.717, 1.165) is 0 Å². The summed E-state index contributed by atoms with van der Waals surface area (Å²) in [6.45, 7) is 11.3. The molecule has 148 valence electrons. The van der Waals surface area contributed by atoms with Crippen molar-refractivity contribution in [2.45, 2.75) is 13.8 Å². The van der Waals surface area contributed by atoms with Gasteiger partial charge in [0.15, 0.2) is 11.6 Å². The molecule has 0 aromatic carbocycles. The summed E-state index contributed by atoms with van der Waals surface area (Å²) in [5.41, 5.74) is 7.24. The molecule has 0 aliphatic carbocycles. The van der Waals surface area contributed by atoms with E-state index in [-0.39, 0.29) is 5.82 Å². The Kier molecular flexibility index (Phi) is 8.95. The van der Waals surface area contributed by atoms with Gasteiger partial charge in [-0.15, -0.1) is 0 Å². The Morgan fingerprint density at radius 3 is 2.46 bits per heavy atom. The van der Waals surface area contributed by atoms with E-state index in [1.54, 1.807) is 37.2 Å². The van der Waals surface area contributed by atoms with Crippen LogP contribution >= 0.6 is 0 Å². The van der Waals surface area contributed by atoms with Crippen LogP contribution in [0.5, 0.6) is 0 Å². The van der Waals surface area contributed by atoms with Crippen molar-refractivity contribution in [1.82, 2.24) is 9.97 Å². The number of anilines is 3. The lowest BCUT2D eigenvalue weighted by molar-refractivity contribution is -0.107. The first-order valence-electron chi connectivity index (χ1n) is 8.56. The standard InChI is InChI=1S/C21H27N5O2/c1-7-10-11-18(9-3)28-16(4)12-13-17(8-2)26(6)19-20(22)23-14-24-21(19)25(5)15-27/h7-15H,2-3H2,1,4-6H3,(H2,22,23,24)/b10-7-,16-12+,17-13+,18-11+. The van der Waals surface area contributed by atoms with Crippen LogP contribution in [0, 0.1) is 0 Å². The van der Waals surface area contributed by atoms with Crippen molar-refractivity contribution in [3.05, 3.63) is 79.2 Å². The van der Waals surface area contributed by atoms with Crippen LogP contribution in [0.25, 0.3) is 0 Å². The molecule has 1 aromatic rings. The SMILES string of the molecule is C=C/C(=C\C=C/C)O/C(C)=C/C=C(\C=C)N(C)c1c(N)ncnc1N(C)C=O. The van der Waals surface area contributed by atoms with Crippen LogP contribution in [0.4, 0.5) is 17.3 Å². The molecule has 0 aliphatic rings. The van der Waals surface area contributed by atoms with Gasteiger partial charge in [-0.2, -0.15) is 0 Å². The topological polar surface area (TPSA) is 84.6 Å². The van der Waals surface area contributed by atoms with Crippen LogP contribution in [0.15, 0.2) is 79.2 Å². The first-order valence-corrected chi connectivity index (χ1v) is 8.56. The highest BCUT2D eigenvalue weighted by Gasteiger charge is 2.18. The molecule has 1 amide bonds. The zero-order valence-corrected chi connectivity index (χ0v) is 16.8. The number of carbonyl (C=O) groups excluding carboxylic acids is 1. The minimum atomic E-state index is 0.245. The summed E-state index contributed by atoms with van der Waals surface area (Å²) in [6.07, 6.45) is 14.4. The number of ether oxygens (including phenoxy) is 1. The number of allylic oxidation sites excluding steroid dienone is 8. The molecule has 0 spiro atoms. The quantitative estimate of drug-likeness (QED) is 0.378. The molecule has 1 rings (SSSR count). The molecule has 0 saturated carbocycles. The van der Waals surface area contributed by atoms with Crippen molar-refractivity contribution >= 4 is 23.7 Å². The van der Waals surface area contributed by atoms with Gasteiger partial charge in [-0.25, -0.2) is 9.97 Å². The molecule has 0 fully saturated rings. The molecule has 7 nitrogen and oxygen atoms in total. The van der Waals surface area contributed by atoms with Crippen molar-refractivity contribution in [3.8, 4) is 0 Å². The van der Waals surface area contributed by atoms with Crippen molar-refractivity contribution < 1.29 is 9.53 Å². The fraction of sp³-hybridized carbons (Fsp3) is 0.190. The molecule has 0 aliphatic heterocycles. The summed E-state index contributed by atoms with van der Waals surface area (Å²) >= 11 is 0. The number of likely N-dealkylation sites (N-methyl/N-ethyl adjacent to an activating group) is 1. The molecule has 2 N–H and O–H groups in total. The highest BCUT2D eigenvalue weighted by molar-refractivity contribution is 5.86. The number of carbonyl (C=O) groups is 1. The van der Waals surface area contributed by atoms with Gasteiger partial charge in [0.2, 0.25) is 6.41 Å². The Bertz CT molecular complexity index is 837. The number of amides is 1. The van der Waals surface area contributed by atoms with E-state index in [2.05, 4.69) is 23.1 Å². The van der Waals surface area contributed by atoms with E-state index in [1.807, 2.05) is 38.2 Å². The van der Waals surface area contributed by atoms with Crippen molar-refractivity contribution in [2.75, 3.05) is 29.6 Å². The van der Waals surface area contributed by atoms with Crippen LogP contribution < -0.4 is 15.5 Å². The smallest absolute Gasteiger partial charge is 0.215 e. The lowest BCUT2D eigenvalue weighted by atomic mass is 10.2. The maximum absolute atomic E-state index is 11.2. The van der Waals surface area contributed by atoms with E-state index in [9.17, 15) is 4.79 Å². The number of rotatable bonds is 10. The van der Waals surface area contributed by atoms with Gasteiger partial charge in [-0.1, -0.05) is 25.3 Å². The minimum absolute atomic E-state index is 0.245. The number of hydrogen-bond acceptors (Lipinski definition) is 6. The average molecular weight is 381 g/mol. The fourth-order valence-electron chi connectivity index (χ4n) is 2.22. The molecular formula is C21H27N5O2. The monoisotopic (exact) mass is 381 g/mol. The van der Waals surface area contributed by atoms with Crippen molar-refractivity contribution in [2.24, 2.45) is 0 Å². The molecule has 0 saturated heterocycles. The van der Waals surface area contributed by atoms with Crippen molar-refractivity contribution in [3.63, 3.8) is 0 Å². The Balaban J connectivity index is 3.22. The first kappa shape index (κ1) is 22.4. The molecule has 0 radical (unpaired) electrons. The summed E-state index contributed by atoms with van der Waals surface area (Å²) < 4.78 is 5.74. The Morgan fingerprint density at radius 1 is 1.18 bits per heavy atom. The maximum atomic E-state index is 11.2. The molecule has 0 bridgehead atoms. The number of nitrogens with zero attached hydrogens (tertiary/aromatic N) is 4. The summed E-state index contributed by atoms with van der Waals surface area (Å²) in [5.74, 6) is 1.92. The largest absolute Gasteiger partial charge is 0.462 e. The Hall–Kier alpha value is -3.61. The van der Waals surface area contributed by atoms with Crippen LogP contribution in [0.2, 0.25) is 0 Å². The van der Waals surface area contributed by atoms with Gasteiger partial charge in [0.05, 0.1) is 0 Å². The minimum Gasteiger partial charge on any atom is -0.462 e. The predicted molar refractivity (Wildman–Crippen MR) is 116 cm³/mol. The van der Waals surface area contributed by atoms with Gasteiger partial charge in [0.25, 0.3) is 0 Å². The molecule has 28 heavy (non-hydrogen) atoms. The molecular weight excluding hydrogens is 354 g/mol. The lowest BCUT2D eigenvalue weighted by Gasteiger charge is -2.25. The van der Waals surface area contributed by atoms with Crippen LogP contribution in [-0.2, 0) is 9.53 Å². The second-order valence-electron chi connectivity index (χ2n) is 5.68. The lowest BCUT2D eigenvalue weighted by Crippen LogP contribution is -2.24. The van der Waals surface area contributed by atoms with Gasteiger partial charge >= 0.3 is 0 Å². The number of nitrogen functional groups attached to an aromatic ring is 1. The molecule has 7 heteroatoms. The summed E-state index contributed by atoms with van der Waals surface area (Å²) in [5, 5.41) is 0. The zero-order chi connectivity index (χ0) is 21.1. The highest BCUT2D eigenvalue weighted by atomic mass is 16.5. The van der Waals surface area contributed by atoms with Crippen molar-refractivity contribution in [1.29, 1.82) is 0 Å². The van der Waals surface area contributed by atoms with Gasteiger partial charge < -0.3 is 20.3 Å². The molecule has 1 aromatic heterocycles. The number of aromatic nitrogens is 2. The third-order valence-corrected chi connectivity index (χ3v) is 3.68. The third-order valence-electron chi connectivity index (χ3n) is 3.68. The maximum Gasteiger partial charge on any atom is 0.215 e. The van der Waals surface area contributed by atoms with E-state index in [1.165, 1.54) is 11.2 Å². The van der Waals surface area contributed by atoms with Crippen LogP contribution in [0.3, 0.4) is 0 Å². The normalized spacial score (nSPS) is 12.6. The second-order valence-corrected chi connectivity index (χ2v) is 5.68. The van der Waals surface area contributed by atoms with Crippen LogP contribution in [-0.4, -0.2) is 30.5 Å². The van der Waals surface area contributed by atoms with E-state index in [4.69, 9.17) is 10.5 Å². The van der Waals surface area contributed by atoms with Gasteiger partial charge in [-0.3, -0.25) is 4.79 Å². The fourth-order valence-corrected chi connectivity index (χ4v) is 2.22. The Labute approximate surface area is 166 Å². The highest BCUT2D eigenvalue weighted by Crippen LogP contribution is 2.32. The molecule has 1 heterocycles. The van der Waals surface area contributed by atoms with Crippen LogP contribution in [0.1, 0.15) is 13.8 Å². The van der Waals surface area contributed by atoms with E-state index in [0.29, 0.717) is 35.1 Å². The zero-order valence-electron chi connectivity index (χ0n) is 16.8. The number of nitrogens with two attached hydrogens (primary N) is 1. The average Bonchev–Trinajstić information content (AvgIpc) is 2.70.